The van der Waals surface area contributed by atoms with E-state index in [2.05, 4.69) is 22.6 Å². The first kappa shape index (κ1) is 20.2. The molecule has 0 aliphatic carbocycles. The Hall–Kier alpha value is -3.12. The zero-order chi connectivity index (χ0) is 21.1. The molecule has 2 aromatic rings. The largest absolute Gasteiger partial charge is 0.462 e. The second-order valence-electron chi connectivity index (χ2n) is 7.77. The monoisotopic (exact) mass is 405 g/mol. The van der Waals surface area contributed by atoms with Crippen molar-refractivity contribution in [1.82, 2.24) is 10.2 Å². The molecule has 0 saturated carbocycles. The minimum atomic E-state index is -0.389. The predicted octanol–water partition coefficient (Wildman–Crippen LogP) is 3.37. The topological polar surface area (TPSA) is 70.7 Å². The van der Waals surface area contributed by atoms with E-state index in [0.29, 0.717) is 29.5 Å². The normalized spacial score (nSPS) is 18.5. The summed E-state index contributed by atoms with van der Waals surface area (Å²) in [5, 5.41) is 6.59. The van der Waals surface area contributed by atoms with Gasteiger partial charge in [-0.2, -0.15) is 0 Å². The van der Waals surface area contributed by atoms with E-state index in [-0.39, 0.29) is 11.9 Å². The average molecular weight is 405 g/mol. The van der Waals surface area contributed by atoms with Crippen LogP contribution in [0.25, 0.3) is 11.3 Å². The molecule has 0 radical (unpaired) electrons. The first-order valence-electron chi connectivity index (χ1n) is 10.4. The van der Waals surface area contributed by atoms with Gasteiger partial charge >= 0.3 is 5.97 Å². The number of nitrogens with one attached hydrogen (secondary N) is 2. The number of esters is 1. The number of piperidine rings is 1. The van der Waals surface area contributed by atoms with Gasteiger partial charge in [-0.3, -0.25) is 4.79 Å². The molecule has 2 heterocycles. The number of fused-ring (bicyclic) bond motifs is 1. The Kier molecular flexibility index (Phi) is 5.86. The molecule has 0 bridgehead atoms. The summed E-state index contributed by atoms with van der Waals surface area (Å²) in [6, 6.07) is 15.5. The molecule has 0 unspecified atom stereocenters. The minimum Gasteiger partial charge on any atom is -0.462 e. The molecule has 2 aromatic carbocycles. The maximum Gasteiger partial charge on any atom is 0.338 e. The van der Waals surface area contributed by atoms with Crippen LogP contribution in [-0.4, -0.2) is 49.6 Å². The molecule has 30 heavy (non-hydrogen) atoms. The van der Waals surface area contributed by atoms with Gasteiger partial charge < -0.3 is 20.3 Å². The van der Waals surface area contributed by atoms with Crippen LogP contribution in [0.3, 0.4) is 0 Å². The number of nitrogens with zero attached hydrogens (tertiary/aromatic N) is 1. The van der Waals surface area contributed by atoms with Crippen LogP contribution in [0.15, 0.2) is 48.5 Å². The summed E-state index contributed by atoms with van der Waals surface area (Å²) in [7, 11) is 2.13. The van der Waals surface area contributed by atoms with Gasteiger partial charge in [0.15, 0.2) is 0 Å². The molecule has 6 heteroatoms. The number of likely N-dealkylation sites (tertiary alicyclic amines) is 1. The van der Waals surface area contributed by atoms with Gasteiger partial charge in [0.1, 0.15) is 0 Å². The second kappa shape index (κ2) is 8.71. The average Bonchev–Trinajstić information content (AvgIpc) is 3.09. The summed E-state index contributed by atoms with van der Waals surface area (Å²) in [5.74, 6) is -0.551. The molecule has 6 nitrogen and oxygen atoms in total. The highest BCUT2D eigenvalue weighted by molar-refractivity contribution is 6.36. The standard InChI is InChI=1S/C24H27N3O3/c1-3-30-24(29)17-9-10-19-20(15-17)26-23(28)21(19)22(16-7-5-4-6-8-16)25-18-11-13-27(2)14-12-18/h4-10,15,18,25H,3,11-14H2,1-2H3,(H,26,28)/b22-21-. The Bertz CT molecular complexity index is 976. The van der Waals surface area contributed by atoms with Crippen molar-refractivity contribution in [2.75, 3.05) is 32.1 Å². The summed E-state index contributed by atoms with van der Waals surface area (Å²) in [6.07, 6.45) is 2.05. The van der Waals surface area contributed by atoms with Gasteiger partial charge in [-0.25, -0.2) is 4.79 Å². The zero-order valence-corrected chi connectivity index (χ0v) is 17.4. The molecule has 1 amide bonds. The van der Waals surface area contributed by atoms with Gasteiger partial charge in [0.25, 0.3) is 5.91 Å². The molecule has 0 spiro atoms. The van der Waals surface area contributed by atoms with Crippen LogP contribution >= 0.6 is 0 Å². The quantitative estimate of drug-likeness (QED) is 0.590. The van der Waals surface area contributed by atoms with Crippen molar-refractivity contribution in [3.63, 3.8) is 0 Å². The number of benzene rings is 2. The molecule has 0 atom stereocenters. The summed E-state index contributed by atoms with van der Waals surface area (Å²) < 4.78 is 5.09. The van der Waals surface area contributed by atoms with Gasteiger partial charge in [-0.1, -0.05) is 36.4 Å². The fourth-order valence-electron chi connectivity index (χ4n) is 4.02. The van der Waals surface area contributed by atoms with Crippen LogP contribution in [0.5, 0.6) is 0 Å². The molecule has 2 aliphatic heterocycles. The van der Waals surface area contributed by atoms with E-state index < -0.39 is 0 Å². The minimum absolute atomic E-state index is 0.162. The van der Waals surface area contributed by atoms with Crippen LogP contribution in [0.4, 0.5) is 5.69 Å². The zero-order valence-electron chi connectivity index (χ0n) is 17.4. The number of anilines is 1. The van der Waals surface area contributed by atoms with Crippen LogP contribution in [-0.2, 0) is 9.53 Å². The summed E-state index contributed by atoms with van der Waals surface area (Å²) in [6.45, 7) is 4.14. The Balaban J connectivity index is 1.74. The van der Waals surface area contributed by atoms with Crippen molar-refractivity contribution < 1.29 is 14.3 Å². The second-order valence-corrected chi connectivity index (χ2v) is 7.77. The maximum absolute atomic E-state index is 13.0. The lowest BCUT2D eigenvalue weighted by molar-refractivity contribution is -0.110. The van der Waals surface area contributed by atoms with Gasteiger partial charge in [0.05, 0.1) is 29.1 Å². The first-order chi connectivity index (χ1) is 14.6. The van der Waals surface area contributed by atoms with Crippen LogP contribution < -0.4 is 10.6 Å². The van der Waals surface area contributed by atoms with Crippen LogP contribution in [0.2, 0.25) is 0 Å². The van der Waals surface area contributed by atoms with Gasteiger partial charge in [0, 0.05) is 11.6 Å². The van der Waals surface area contributed by atoms with Crippen molar-refractivity contribution in [1.29, 1.82) is 0 Å². The van der Waals surface area contributed by atoms with E-state index >= 15 is 0 Å². The molecule has 2 N–H and O–H groups in total. The molecule has 4 rings (SSSR count). The molecule has 1 fully saturated rings. The highest BCUT2D eigenvalue weighted by Crippen LogP contribution is 2.37. The van der Waals surface area contributed by atoms with E-state index in [1.54, 1.807) is 19.1 Å². The number of amides is 1. The fourth-order valence-corrected chi connectivity index (χ4v) is 4.02. The smallest absolute Gasteiger partial charge is 0.338 e. The van der Waals surface area contributed by atoms with Gasteiger partial charge in [0.2, 0.25) is 0 Å². The molecular weight excluding hydrogens is 378 g/mol. The summed E-state index contributed by atoms with van der Waals surface area (Å²) in [4.78, 5) is 27.4. The van der Waals surface area contributed by atoms with Crippen molar-refractivity contribution in [3.8, 4) is 0 Å². The number of hydrogen-bond acceptors (Lipinski definition) is 5. The third-order valence-corrected chi connectivity index (χ3v) is 5.65. The molecule has 0 aromatic heterocycles. The Morgan fingerprint density at radius 1 is 1.13 bits per heavy atom. The third-order valence-electron chi connectivity index (χ3n) is 5.65. The maximum atomic E-state index is 13.0. The van der Waals surface area contributed by atoms with E-state index in [9.17, 15) is 9.59 Å². The number of hydrogen-bond donors (Lipinski definition) is 2. The van der Waals surface area contributed by atoms with Crippen molar-refractivity contribution >= 4 is 28.8 Å². The van der Waals surface area contributed by atoms with E-state index in [1.807, 2.05) is 36.4 Å². The van der Waals surface area contributed by atoms with Crippen molar-refractivity contribution in [2.24, 2.45) is 0 Å². The van der Waals surface area contributed by atoms with Gasteiger partial charge in [-0.15, -0.1) is 0 Å². The lowest BCUT2D eigenvalue weighted by Crippen LogP contribution is -2.40. The number of carbonyl (C=O) groups excluding carboxylic acids is 2. The first-order valence-corrected chi connectivity index (χ1v) is 10.4. The van der Waals surface area contributed by atoms with Gasteiger partial charge in [-0.05, 0) is 57.6 Å². The SMILES string of the molecule is CCOC(=O)c1ccc2c(c1)NC(=O)/C2=C(\NC1CCN(C)CC1)c1ccccc1. The Morgan fingerprint density at radius 3 is 2.57 bits per heavy atom. The number of rotatable bonds is 5. The molecule has 1 saturated heterocycles. The number of carbonyl (C=O) groups is 2. The summed E-state index contributed by atoms with van der Waals surface area (Å²) in [5.41, 5.74) is 4.30. The lowest BCUT2D eigenvalue weighted by atomic mass is 9.97. The molecule has 156 valence electrons. The fraction of sp³-hybridized carbons (Fsp3) is 0.333. The lowest BCUT2D eigenvalue weighted by Gasteiger charge is -2.31. The van der Waals surface area contributed by atoms with Crippen molar-refractivity contribution in [2.45, 2.75) is 25.8 Å². The van der Waals surface area contributed by atoms with Crippen molar-refractivity contribution in [3.05, 3.63) is 65.2 Å². The molecular formula is C24H27N3O3. The van der Waals surface area contributed by atoms with Crippen LogP contribution in [0.1, 0.15) is 41.3 Å². The predicted molar refractivity (Wildman–Crippen MR) is 118 cm³/mol. The van der Waals surface area contributed by atoms with E-state index in [4.69, 9.17) is 4.74 Å². The Labute approximate surface area is 176 Å². The Morgan fingerprint density at radius 2 is 1.87 bits per heavy atom. The van der Waals surface area contributed by atoms with E-state index in [1.165, 1.54) is 0 Å². The highest BCUT2D eigenvalue weighted by Gasteiger charge is 2.30. The van der Waals surface area contributed by atoms with E-state index in [0.717, 1.165) is 42.8 Å². The third kappa shape index (κ3) is 4.09. The molecule has 2 aliphatic rings. The van der Waals surface area contributed by atoms with Crippen LogP contribution in [0, 0.1) is 0 Å². The highest BCUT2D eigenvalue weighted by atomic mass is 16.5. The number of ether oxygens (including phenoxy) is 1. The summed E-state index contributed by atoms with van der Waals surface area (Å²) >= 11 is 0.